The van der Waals surface area contributed by atoms with Crippen molar-refractivity contribution in [2.45, 2.75) is 62.8 Å². The molecule has 1 amide bonds. The Labute approximate surface area is 238 Å². The Hall–Kier alpha value is -3.83. The van der Waals surface area contributed by atoms with Crippen LogP contribution in [0.1, 0.15) is 61.1 Å². The van der Waals surface area contributed by atoms with Gasteiger partial charge in [0.15, 0.2) is 0 Å². The molecule has 0 unspecified atom stereocenters. The molecule has 3 aromatic rings. The molecule has 0 radical (unpaired) electrons. The van der Waals surface area contributed by atoms with Crippen molar-refractivity contribution < 1.29 is 22.7 Å². The zero-order valence-corrected chi connectivity index (χ0v) is 22.9. The first kappa shape index (κ1) is 28.7. The van der Waals surface area contributed by atoms with Crippen LogP contribution >= 0.6 is 0 Å². The largest absolute Gasteiger partial charge is 0.417 e. The molecule has 214 valence electrons. The Bertz CT molecular complexity index is 1350. The molecule has 5 nitrogen and oxygen atoms in total. The standard InChI is InChI=1S/C33H34F3N3O2/c34-33(35,36)31-20-29(11-10-27(31)21-37)38-28-12-14-30(15-13-28)41-22-32(40)39-18-16-26(17-19-39)25-8-6-24(7-9-25)23-4-2-1-3-5-23/h1-11,20,26,28,30,38H,12-19,22H2/t28-,30-. The molecule has 8 heteroatoms. The highest BCUT2D eigenvalue weighted by atomic mass is 19.4. The summed E-state index contributed by atoms with van der Waals surface area (Å²) in [5.41, 5.74) is 2.77. The molecule has 1 aliphatic carbocycles. The molecule has 2 aliphatic rings. The fourth-order valence-electron chi connectivity index (χ4n) is 5.90. The average molecular weight is 562 g/mol. The summed E-state index contributed by atoms with van der Waals surface area (Å²) in [4.78, 5) is 14.7. The molecule has 1 saturated carbocycles. The van der Waals surface area contributed by atoms with Crippen LogP contribution in [-0.4, -0.2) is 42.6 Å². The fourth-order valence-corrected chi connectivity index (χ4v) is 5.90. The lowest BCUT2D eigenvalue weighted by Crippen LogP contribution is -2.41. The predicted molar refractivity (Wildman–Crippen MR) is 152 cm³/mol. The van der Waals surface area contributed by atoms with Crippen LogP contribution in [0, 0.1) is 11.3 Å². The lowest BCUT2D eigenvalue weighted by Gasteiger charge is -2.33. The fraction of sp³-hybridized carbons (Fsp3) is 0.394. The Morgan fingerprint density at radius 2 is 1.56 bits per heavy atom. The number of piperidine rings is 1. The second-order valence-electron chi connectivity index (χ2n) is 10.9. The zero-order valence-electron chi connectivity index (χ0n) is 22.9. The van der Waals surface area contributed by atoms with E-state index in [2.05, 4.69) is 41.7 Å². The van der Waals surface area contributed by atoms with Crippen LogP contribution in [0.2, 0.25) is 0 Å². The highest BCUT2D eigenvalue weighted by Crippen LogP contribution is 2.35. The van der Waals surface area contributed by atoms with E-state index in [0.717, 1.165) is 44.6 Å². The molecule has 1 heterocycles. The van der Waals surface area contributed by atoms with E-state index in [-0.39, 0.29) is 30.2 Å². The van der Waals surface area contributed by atoms with Crippen LogP contribution < -0.4 is 5.32 Å². The number of nitrogens with one attached hydrogen (secondary N) is 1. The summed E-state index contributed by atoms with van der Waals surface area (Å²) in [6, 6.07) is 24.4. The van der Waals surface area contributed by atoms with E-state index in [0.29, 0.717) is 24.7 Å². The first-order chi connectivity index (χ1) is 19.8. The summed E-state index contributed by atoms with van der Waals surface area (Å²) < 4.78 is 45.8. The maximum absolute atomic E-state index is 13.3. The number of carbonyl (C=O) groups excluding carboxylic acids is 1. The first-order valence-electron chi connectivity index (χ1n) is 14.2. The maximum atomic E-state index is 13.3. The summed E-state index contributed by atoms with van der Waals surface area (Å²) in [6.07, 6.45) is 0.164. The van der Waals surface area contributed by atoms with Crippen LogP contribution in [-0.2, 0) is 15.7 Å². The lowest BCUT2D eigenvalue weighted by molar-refractivity contribution is -0.140. The number of nitriles is 1. The molecule has 41 heavy (non-hydrogen) atoms. The van der Waals surface area contributed by atoms with Crippen molar-refractivity contribution in [3.05, 3.63) is 89.5 Å². The number of nitrogens with zero attached hydrogens (tertiary/aromatic N) is 2. The molecule has 0 bridgehead atoms. The topological polar surface area (TPSA) is 65.4 Å². The molecule has 1 aliphatic heterocycles. The number of anilines is 1. The number of hydrogen-bond acceptors (Lipinski definition) is 4. The minimum atomic E-state index is -4.58. The van der Waals surface area contributed by atoms with Crippen molar-refractivity contribution in [1.82, 2.24) is 4.90 Å². The number of halogens is 3. The van der Waals surface area contributed by atoms with E-state index < -0.39 is 11.7 Å². The van der Waals surface area contributed by atoms with Gasteiger partial charge in [-0.05, 0) is 79.3 Å². The van der Waals surface area contributed by atoms with Crippen LogP contribution in [0.4, 0.5) is 18.9 Å². The highest BCUT2D eigenvalue weighted by molar-refractivity contribution is 5.77. The molecule has 2 fully saturated rings. The van der Waals surface area contributed by atoms with Crippen molar-refractivity contribution in [2.75, 3.05) is 25.0 Å². The number of carbonyl (C=O) groups is 1. The third kappa shape index (κ3) is 7.28. The molecular weight excluding hydrogens is 527 g/mol. The van der Waals surface area contributed by atoms with Gasteiger partial charge in [0, 0.05) is 24.8 Å². The van der Waals surface area contributed by atoms with E-state index >= 15 is 0 Å². The summed E-state index contributed by atoms with van der Waals surface area (Å²) in [7, 11) is 0. The van der Waals surface area contributed by atoms with E-state index in [9.17, 15) is 18.0 Å². The van der Waals surface area contributed by atoms with Gasteiger partial charge in [0.1, 0.15) is 6.61 Å². The molecule has 0 atom stereocenters. The van der Waals surface area contributed by atoms with E-state index in [4.69, 9.17) is 10.00 Å². The second kappa shape index (κ2) is 12.8. The quantitative estimate of drug-likeness (QED) is 0.327. The van der Waals surface area contributed by atoms with Gasteiger partial charge in [-0.15, -0.1) is 0 Å². The Morgan fingerprint density at radius 1 is 0.902 bits per heavy atom. The van der Waals surface area contributed by atoms with Crippen molar-refractivity contribution in [2.24, 2.45) is 0 Å². The summed E-state index contributed by atoms with van der Waals surface area (Å²) in [5.74, 6) is 0.455. The summed E-state index contributed by atoms with van der Waals surface area (Å²) in [6.45, 7) is 1.49. The smallest absolute Gasteiger partial charge is 0.382 e. The Kier molecular flexibility index (Phi) is 8.94. The van der Waals surface area contributed by atoms with Gasteiger partial charge >= 0.3 is 6.18 Å². The SMILES string of the molecule is N#Cc1ccc(N[C@H]2CC[C@H](OCC(=O)N3CCC(c4ccc(-c5ccccc5)cc4)CC3)CC2)cc1C(F)(F)F. The monoisotopic (exact) mass is 561 g/mol. The molecule has 5 rings (SSSR count). The minimum Gasteiger partial charge on any atom is -0.382 e. The highest BCUT2D eigenvalue weighted by Gasteiger charge is 2.34. The van der Waals surface area contributed by atoms with Crippen molar-refractivity contribution in [3.63, 3.8) is 0 Å². The molecule has 0 spiro atoms. The van der Waals surface area contributed by atoms with Crippen LogP contribution in [0.5, 0.6) is 0 Å². The van der Waals surface area contributed by atoms with E-state index in [1.807, 2.05) is 23.1 Å². The second-order valence-corrected chi connectivity index (χ2v) is 10.9. The van der Waals surface area contributed by atoms with E-state index in [1.54, 1.807) is 6.07 Å². The third-order valence-corrected chi connectivity index (χ3v) is 8.27. The van der Waals surface area contributed by atoms with Gasteiger partial charge in [-0.25, -0.2) is 0 Å². The normalized spacial score (nSPS) is 19.9. The molecule has 1 N–H and O–H groups in total. The zero-order chi connectivity index (χ0) is 28.8. The predicted octanol–water partition coefficient (Wildman–Crippen LogP) is 7.39. The number of benzene rings is 3. The number of amides is 1. The number of hydrogen-bond donors (Lipinski definition) is 1. The molecular formula is C33H34F3N3O2. The number of rotatable bonds is 7. The number of likely N-dealkylation sites (tertiary alicyclic amines) is 1. The van der Waals surface area contributed by atoms with Gasteiger partial charge in [0.25, 0.3) is 0 Å². The van der Waals surface area contributed by atoms with Gasteiger partial charge in [0.2, 0.25) is 5.91 Å². The van der Waals surface area contributed by atoms with Crippen molar-refractivity contribution in [3.8, 4) is 17.2 Å². The van der Waals surface area contributed by atoms with Crippen molar-refractivity contribution >= 4 is 11.6 Å². The minimum absolute atomic E-state index is 0.0142. The lowest BCUT2D eigenvalue weighted by atomic mass is 9.88. The molecule has 3 aromatic carbocycles. The third-order valence-electron chi connectivity index (χ3n) is 8.27. The molecule has 0 aromatic heterocycles. The number of ether oxygens (including phenoxy) is 1. The van der Waals surface area contributed by atoms with Crippen LogP contribution in [0.15, 0.2) is 72.8 Å². The number of alkyl halides is 3. The van der Waals surface area contributed by atoms with Gasteiger partial charge < -0.3 is 15.0 Å². The van der Waals surface area contributed by atoms with Gasteiger partial charge in [-0.2, -0.15) is 18.4 Å². The summed E-state index contributed by atoms with van der Waals surface area (Å²) >= 11 is 0. The Morgan fingerprint density at radius 3 is 2.20 bits per heavy atom. The average Bonchev–Trinajstić information content (AvgIpc) is 3.01. The van der Waals surface area contributed by atoms with E-state index in [1.165, 1.54) is 28.8 Å². The summed E-state index contributed by atoms with van der Waals surface area (Å²) in [5, 5.41) is 12.2. The van der Waals surface area contributed by atoms with Gasteiger partial charge in [-0.1, -0.05) is 54.6 Å². The van der Waals surface area contributed by atoms with Gasteiger partial charge in [0.05, 0.1) is 23.3 Å². The van der Waals surface area contributed by atoms with Crippen molar-refractivity contribution in [1.29, 1.82) is 5.26 Å². The van der Waals surface area contributed by atoms with Crippen LogP contribution in [0.3, 0.4) is 0 Å². The first-order valence-corrected chi connectivity index (χ1v) is 14.2. The maximum Gasteiger partial charge on any atom is 0.417 e. The van der Waals surface area contributed by atoms with Gasteiger partial charge in [-0.3, -0.25) is 4.79 Å². The Balaban J connectivity index is 1.03. The molecule has 1 saturated heterocycles. The van der Waals surface area contributed by atoms with Crippen LogP contribution in [0.25, 0.3) is 11.1 Å².